The van der Waals surface area contributed by atoms with Gasteiger partial charge in [-0.05, 0) is 35.4 Å². The van der Waals surface area contributed by atoms with Crippen LogP contribution in [-0.4, -0.2) is 14.8 Å². The highest BCUT2D eigenvalue weighted by atomic mass is 79.9. The third-order valence-corrected chi connectivity index (χ3v) is 3.77. The summed E-state index contributed by atoms with van der Waals surface area (Å²) in [6.45, 7) is 0. The predicted molar refractivity (Wildman–Crippen MR) is 82.6 cm³/mol. The molecule has 0 aliphatic rings. The van der Waals surface area contributed by atoms with E-state index >= 15 is 0 Å². The fraction of sp³-hybridized carbons (Fsp3) is 0.0625. The minimum Gasteiger partial charge on any atom is -0.241 e. The molecule has 0 saturated heterocycles. The molecule has 0 spiro atoms. The molecule has 1 unspecified atom stereocenters. The van der Waals surface area contributed by atoms with Gasteiger partial charge < -0.3 is 0 Å². The summed E-state index contributed by atoms with van der Waals surface area (Å²) in [5, 5.41) is 13.2. The minimum atomic E-state index is -0.0617. The van der Waals surface area contributed by atoms with Gasteiger partial charge in [0.05, 0.1) is 11.6 Å². The van der Waals surface area contributed by atoms with E-state index < -0.39 is 0 Å². The van der Waals surface area contributed by atoms with Crippen LogP contribution < -0.4 is 0 Å². The van der Waals surface area contributed by atoms with E-state index in [0.29, 0.717) is 5.56 Å². The molecular formula is C16H11BrN4. The highest BCUT2D eigenvalue weighted by Gasteiger charge is 2.16. The molecule has 0 bridgehead atoms. The van der Waals surface area contributed by atoms with Gasteiger partial charge in [-0.3, -0.25) is 0 Å². The van der Waals surface area contributed by atoms with E-state index in [0.717, 1.165) is 15.6 Å². The van der Waals surface area contributed by atoms with Gasteiger partial charge in [-0.15, -0.1) is 0 Å². The van der Waals surface area contributed by atoms with Crippen molar-refractivity contribution in [3.05, 3.63) is 82.3 Å². The molecule has 0 radical (unpaired) electrons. The van der Waals surface area contributed by atoms with Crippen molar-refractivity contribution >= 4 is 15.9 Å². The number of nitrogens with zero attached hydrogens (tertiary/aromatic N) is 4. The number of rotatable bonds is 3. The second-order valence-corrected chi connectivity index (χ2v) is 5.48. The third-order valence-electron chi connectivity index (χ3n) is 3.24. The lowest BCUT2D eigenvalue weighted by Crippen LogP contribution is -2.12. The molecule has 0 saturated carbocycles. The Labute approximate surface area is 130 Å². The standard InChI is InChI=1S/C16H11BrN4/c17-15-7-5-14(6-8-15)16(21-11-19-10-20-21)13-3-1-12(9-18)2-4-13/h1-8,10-11,16H. The number of halogens is 1. The minimum absolute atomic E-state index is 0.0617. The molecule has 3 aromatic rings. The van der Waals surface area contributed by atoms with Crippen LogP contribution in [0.1, 0.15) is 22.7 Å². The van der Waals surface area contributed by atoms with Gasteiger partial charge in [-0.1, -0.05) is 40.2 Å². The lowest BCUT2D eigenvalue weighted by molar-refractivity contribution is 0.594. The topological polar surface area (TPSA) is 54.5 Å². The molecule has 1 atom stereocenters. The Kier molecular flexibility index (Phi) is 3.80. The van der Waals surface area contributed by atoms with E-state index in [9.17, 15) is 0 Å². The van der Waals surface area contributed by atoms with Gasteiger partial charge in [0.1, 0.15) is 18.7 Å². The average molecular weight is 339 g/mol. The summed E-state index contributed by atoms with van der Waals surface area (Å²) >= 11 is 3.45. The van der Waals surface area contributed by atoms with Gasteiger partial charge in [0.25, 0.3) is 0 Å². The Morgan fingerprint density at radius 3 is 2.14 bits per heavy atom. The van der Waals surface area contributed by atoms with Gasteiger partial charge in [-0.25, -0.2) is 9.67 Å². The van der Waals surface area contributed by atoms with E-state index in [-0.39, 0.29) is 6.04 Å². The van der Waals surface area contributed by atoms with Gasteiger partial charge in [-0.2, -0.15) is 10.4 Å². The molecule has 1 heterocycles. The molecule has 3 rings (SSSR count). The van der Waals surface area contributed by atoms with E-state index in [4.69, 9.17) is 5.26 Å². The van der Waals surface area contributed by atoms with Gasteiger partial charge in [0.15, 0.2) is 0 Å². The average Bonchev–Trinajstić information content (AvgIpc) is 3.04. The summed E-state index contributed by atoms with van der Waals surface area (Å²) in [7, 11) is 0. The smallest absolute Gasteiger partial charge is 0.137 e. The number of benzene rings is 2. The summed E-state index contributed by atoms with van der Waals surface area (Å²) in [5.74, 6) is 0. The zero-order valence-corrected chi connectivity index (χ0v) is 12.6. The van der Waals surface area contributed by atoms with Gasteiger partial charge >= 0.3 is 0 Å². The lowest BCUT2D eigenvalue weighted by Gasteiger charge is -2.18. The van der Waals surface area contributed by atoms with E-state index in [1.165, 1.54) is 6.33 Å². The number of nitriles is 1. The molecule has 0 fully saturated rings. The van der Waals surface area contributed by atoms with Crippen LogP contribution in [0, 0.1) is 11.3 Å². The Hall–Kier alpha value is -2.45. The summed E-state index contributed by atoms with van der Waals surface area (Å²) in [5.41, 5.74) is 2.81. The lowest BCUT2D eigenvalue weighted by atomic mass is 9.98. The molecule has 102 valence electrons. The first-order valence-corrected chi connectivity index (χ1v) is 7.17. The molecular weight excluding hydrogens is 328 g/mol. The van der Waals surface area contributed by atoms with Crippen molar-refractivity contribution in [1.29, 1.82) is 5.26 Å². The number of aromatic nitrogens is 3. The van der Waals surface area contributed by atoms with Crippen molar-refractivity contribution in [3.63, 3.8) is 0 Å². The second-order valence-electron chi connectivity index (χ2n) is 4.56. The second kappa shape index (κ2) is 5.90. The SMILES string of the molecule is N#Cc1ccc(C(c2ccc(Br)cc2)n2cncn2)cc1. The van der Waals surface area contributed by atoms with Crippen LogP contribution in [0.25, 0.3) is 0 Å². The Balaban J connectivity index is 2.08. The molecule has 0 amide bonds. The van der Waals surface area contributed by atoms with Crippen molar-refractivity contribution in [2.24, 2.45) is 0 Å². The molecule has 0 aliphatic carbocycles. The van der Waals surface area contributed by atoms with E-state index in [1.54, 1.807) is 6.33 Å². The normalized spacial score (nSPS) is 11.8. The van der Waals surface area contributed by atoms with Crippen LogP contribution in [0.4, 0.5) is 0 Å². The van der Waals surface area contributed by atoms with Crippen LogP contribution in [-0.2, 0) is 0 Å². The Bertz CT molecular complexity index is 756. The highest BCUT2D eigenvalue weighted by molar-refractivity contribution is 9.10. The van der Waals surface area contributed by atoms with Crippen molar-refractivity contribution in [2.75, 3.05) is 0 Å². The van der Waals surface area contributed by atoms with Crippen molar-refractivity contribution in [2.45, 2.75) is 6.04 Å². The molecule has 2 aromatic carbocycles. The summed E-state index contributed by atoms with van der Waals surface area (Å²) < 4.78 is 2.84. The van der Waals surface area contributed by atoms with E-state index in [1.807, 2.05) is 41.1 Å². The third kappa shape index (κ3) is 2.86. The molecule has 4 nitrogen and oxygen atoms in total. The van der Waals surface area contributed by atoms with Gasteiger partial charge in [0.2, 0.25) is 0 Å². The van der Waals surface area contributed by atoms with Crippen LogP contribution in [0.15, 0.2) is 65.7 Å². The molecule has 21 heavy (non-hydrogen) atoms. The van der Waals surface area contributed by atoms with Crippen molar-refractivity contribution in [3.8, 4) is 6.07 Å². The number of hydrogen-bond acceptors (Lipinski definition) is 3. The summed E-state index contributed by atoms with van der Waals surface area (Å²) in [6.07, 6.45) is 3.22. The molecule has 1 aromatic heterocycles. The molecule has 0 aliphatic heterocycles. The van der Waals surface area contributed by atoms with Crippen LogP contribution in [0.5, 0.6) is 0 Å². The Morgan fingerprint density at radius 1 is 1.00 bits per heavy atom. The Morgan fingerprint density at radius 2 is 1.62 bits per heavy atom. The quantitative estimate of drug-likeness (QED) is 0.733. The maximum absolute atomic E-state index is 8.92. The van der Waals surface area contributed by atoms with Crippen molar-refractivity contribution in [1.82, 2.24) is 14.8 Å². The monoisotopic (exact) mass is 338 g/mol. The maximum Gasteiger partial charge on any atom is 0.137 e. The van der Waals surface area contributed by atoms with Crippen LogP contribution in [0.2, 0.25) is 0 Å². The first-order valence-electron chi connectivity index (χ1n) is 6.37. The summed E-state index contributed by atoms with van der Waals surface area (Å²) in [6, 6.07) is 17.7. The molecule has 5 heteroatoms. The fourth-order valence-corrected chi connectivity index (χ4v) is 2.50. The highest BCUT2D eigenvalue weighted by Crippen LogP contribution is 2.27. The zero-order valence-electron chi connectivity index (χ0n) is 11.0. The van der Waals surface area contributed by atoms with Gasteiger partial charge in [0, 0.05) is 4.47 Å². The fourth-order valence-electron chi connectivity index (χ4n) is 2.23. The number of hydrogen-bond donors (Lipinski definition) is 0. The maximum atomic E-state index is 8.92. The van der Waals surface area contributed by atoms with Crippen molar-refractivity contribution < 1.29 is 0 Å². The first kappa shape index (κ1) is 13.5. The molecule has 0 N–H and O–H groups in total. The van der Waals surface area contributed by atoms with Crippen LogP contribution >= 0.6 is 15.9 Å². The predicted octanol–water partition coefficient (Wildman–Crippen LogP) is 3.55. The first-order chi connectivity index (χ1) is 10.3. The zero-order chi connectivity index (χ0) is 14.7. The van der Waals surface area contributed by atoms with Crippen LogP contribution in [0.3, 0.4) is 0 Å². The largest absolute Gasteiger partial charge is 0.241 e. The summed E-state index contributed by atoms with van der Waals surface area (Å²) in [4.78, 5) is 4.04. The van der Waals surface area contributed by atoms with E-state index in [2.05, 4.69) is 44.2 Å².